The van der Waals surface area contributed by atoms with Crippen LogP contribution in [0.2, 0.25) is 0 Å². The Morgan fingerprint density at radius 1 is 0.548 bits per heavy atom. The van der Waals surface area contributed by atoms with Gasteiger partial charge < -0.3 is 20.1 Å². The Hall–Kier alpha value is -4.50. The summed E-state index contributed by atoms with van der Waals surface area (Å²) in [4.78, 5) is 24.8. The normalized spacial score (nSPS) is 15.9. The second-order valence-electron chi connectivity index (χ2n) is 13.5. The van der Waals surface area contributed by atoms with Gasteiger partial charge >= 0.3 is 0 Å². The topological polar surface area (TPSA) is 260 Å². The number of rotatable bonds is 14. The Morgan fingerprint density at radius 2 is 0.903 bits per heavy atom. The van der Waals surface area contributed by atoms with Gasteiger partial charge in [0.05, 0.1) is 14.2 Å². The predicted octanol–water partition coefficient (Wildman–Crippen LogP) is 4.35. The highest BCUT2D eigenvalue weighted by atomic mass is 32.2. The van der Waals surface area contributed by atoms with Crippen molar-refractivity contribution in [3.63, 3.8) is 0 Å². The fourth-order valence-corrected chi connectivity index (χ4v) is 13.4. The van der Waals surface area contributed by atoms with Gasteiger partial charge in [0.25, 0.3) is 32.1 Å². The first-order valence-electron chi connectivity index (χ1n) is 18.3. The van der Waals surface area contributed by atoms with E-state index >= 15 is 0 Å². The van der Waals surface area contributed by atoms with Crippen molar-refractivity contribution in [3.05, 3.63) is 95.1 Å². The smallest absolute Gasteiger partial charge is 0.295 e. The molecule has 0 aromatic heterocycles. The maximum absolute atomic E-state index is 13.5. The first kappa shape index (κ1) is 47.0. The fraction of sp³-hybridized carbons (Fsp3) is 0.263. The van der Waals surface area contributed by atoms with Crippen molar-refractivity contribution in [2.24, 2.45) is 0 Å². The van der Waals surface area contributed by atoms with Crippen LogP contribution in [0, 0.1) is 0 Å². The summed E-state index contributed by atoms with van der Waals surface area (Å²) >= 11 is 3.22. The molecule has 6 rings (SSSR count). The number of carbonyl (C=O) groups excluding carboxylic acids is 2. The predicted molar refractivity (Wildman–Crippen MR) is 236 cm³/mol. The van der Waals surface area contributed by atoms with Gasteiger partial charge in [0.1, 0.15) is 31.1 Å². The molecule has 2 amide bonds. The van der Waals surface area contributed by atoms with Crippen LogP contribution in [0.15, 0.2) is 92.4 Å². The summed E-state index contributed by atoms with van der Waals surface area (Å²) in [6.45, 7) is 1.09. The number of hydrogen-bond acceptors (Lipinski definition) is 14. The lowest BCUT2D eigenvalue weighted by Gasteiger charge is -2.26. The number of amides is 2. The van der Waals surface area contributed by atoms with E-state index in [9.17, 15) is 52.4 Å². The number of anilines is 2. The van der Waals surface area contributed by atoms with Crippen LogP contribution in [0.25, 0.3) is 12.2 Å². The zero-order chi connectivity index (χ0) is 45.0. The molecule has 2 fully saturated rings. The highest BCUT2D eigenvalue weighted by Gasteiger charge is 2.32. The number of hydrogen-bond donors (Lipinski definition) is 4. The van der Waals surface area contributed by atoms with Crippen LogP contribution in [0.3, 0.4) is 0 Å². The van der Waals surface area contributed by atoms with Crippen molar-refractivity contribution in [2.75, 3.05) is 74.0 Å². The molecule has 62 heavy (non-hydrogen) atoms. The van der Waals surface area contributed by atoms with Gasteiger partial charge in [-0.1, -0.05) is 24.3 Å². The lowest BCUT2D eigenvalue weighted by molar-refractivity contribution is 0.101. The largest absolute Gasteiger partial charge is 0.495 e. The molecule has 0 saturated carbocycles. The van der Waals surface area contributed by atoms with Crippen molar-refractivity contribution in [3.8, 4) is 11.5 Å². The molecule has 24 heteroatoms. The molecule has 332 valence electrons. The molecule has 2 saturated heterocycles. The van der Waals surface area contributed by atoms with E-state index in [1.165, 1.54) is 71.4 Å². The summed E-state index contributed by atoms with van der Waals surface area (Å²) in [5.74, 6) is 0.795. The average Bonchev–Trinajstić information content (AvgIpc) is 3.25. The first-order valence-corrected chi connectivity index (χ1v) is 26.4. The monoisotopic (exact) mass is 968 g/mol. The summed E-state index contributed by atoms with van der Waals surface area (Å²) in [6.07, 6.45) is 2.24. The summed E-state index contributed by atoms with van der Waals surface area (Å²) < 4.78 is 137. The van der Waals surface area contributed by atoms with E-state index < -0.39 is 61.9 Å². The van der Waals surface area contributed by atoms with Gasteiger partial charge in [-0.15, -0.1) is 0 Å². The summed E-state index contributed by atoms with van der Waals surface area (Å²) in [7, 11) is -15.5. The average molecular weight is 969 g/mol. The van der Waals surface area contributed by atoms with Crippen molar-refractivity contribution >= 4 is 99.1 Å². The molecule has 2 heterocycles. The van der Waals surface area contributed by atoms with Gasteiger partial charge in [-0.05, 0) is 71.8 Å². The van der Waals surface area contributed by atoms with Crippen molar-refractivity contribution in [1.29, 1.82) is 0 Å². The van der Waals surface area contributed by atoms with Gasteiger partial charge in [0.15, 0.2) is 0 Å². The Morgan fingerprint density at radius 3 is 1.23 bits per heavy atom. The van der Waals surface area contributed by atoms with Crippen LogP contribution in [0.1, 0.15) is 31.8 Å². The molecule has 0 unspecified atom stereocenters. The number of ether oxygens (including phenoxy) is 2. The van der Waals surface area contributed by atoms with Crippen molar-refractivity contribution < 1.29 is 61.8 Å². The van der Waals surface area contributed by atoms with Gasteiger partial charge in [0, 0.05) is 71.7 Å². The molecule has 0 spiro atoms. The zero-order valence-electron chi connectivity index (χ0n) is 32.9. The van der Waals surface area contributed by atoms with Crippen LogP contribution in [0.4, 0.5) is 11.4 Å². The van der Waals surface area contributed by atoms with Crippen LogP contribution in [0.5, 0.6) is 11.5 Å². The summed E-state index contributed by atoms with van der Waals surface area (Å²) in [5.41, 5.74) is -0.762. The lowest BCUT2D eigenvalue weighted by atomic mass is 10.1. The third kappa shape index (κ3) is 10.6. The van der Waals surface area contributed by atoms with E-state index in [1.807, 2.05) is 0 Å². The fourth-order valence-electron chi connectivity index (χ4n) is 6.42. The number of nitrogens with zero attached hydrogens (tertiary/aromatic N) is 2. The number of thioether (sulfide) groups is 2. The third-order valence-corrected chi connectivity index (χ3v) is 17.1. The molecular weight excluding hydrogens is 929 g/mol. The molecule has 18 nitrogen and oxygen atoms in total. The van der Waals surface area contributed by atoms with Crippen molar-refractivity contribution in [1.82, 2.24) is 8.61 Å². The molecule has 2 aliphatic heterocycles. The van der Waals surface area contributed by atoms with Gasteiger partial charge in [-0.3, -0.25) is 18.7 Å². The Labute approximate surface area is 367 Å². The van der Waals surface area contributed by atoms with E-state index in [2.05, 4.69) is 10.6 Å². The maximum atomic E-state index is 13.5. The minimum Gasteiger partial charge on any atom is -0.495 e. The van der Waals surface area contributed by atoms with Crippen LogP contribution < -0.4 is 20.1 Å². The summed E-state index contributed by atoms with van der Waals surface area (Å²) in [5, 5.41) is 4.97. The number of benzene rings is 4. The molecule has 0 bridgehead atoms. The molecule has 4 N–H and O–H groups in total. The lowest BCUT2D eigenvalue weighted by Crippen LogP contribution is -2.38. The molecule has 0 radical (unpaired) electrons. The van der Waals surface area contributed by atoms with Crippen LogP contribution in [-0.4, -0.2) is 127 Å². The molecular formula is C38H40N4O14S6. The molecule has 4 aromatic carbocycles. The molecule has 2 aliphatic rings. The highest BCUT2D eigenvalue weighted by Crippen LogP contribution is 2.33. The Bertz CT molecular complexity index is 2680. The Kier molecular flexibility index (Phi) is 14.5. The van der Waals surface area contributed by atoms with E-state index in [-0.39, 0.29) is 81.1 Å². The maximum Gasteiger partial charge on any atom is 0.295 e. The Balaban J connectivity index is 1.24. The first-order chi connectivity index (χ1) is 29.2. The second-order valence-corrected chi connectivity index (χ2v) is 22.5. The summed E-state index contributed by atoms with van der Waals surface area (Å²) in [6, 6.07) is 14.4. The molecule has 0 atom stereocenters. The van der Waals surface area contributed by atoms with E-state index in [0.717, 1.165) is 36.4 Å². The zero-order valence-corrected chi connectivity index (χ0v) is 37.8. The second kappa shape index (κ2) is 19.1. The quantitative estimate of drug-likeness (QED) is 0.101. The number of carbonyl (C=O) groups is 2. The van der Waals surface area contributed by atoms with Crippen LogP contribution >= 0.6 is 23.5 Å². The van der Waals surface area contributed by atoms with Gasteiger partial charge in [-0.25, -0.2) is 16.8 Å². The van der Waals surface area contributed by atoms with E-state index in [4.69, 9.17) is 9.47 Å². The SMILES string of the molecule is COc1ccc(C(=O)Nc2ccc(C=Cc3ccc(NC(=O)c4ccc(OC)c(S(=O)(=O)N5CCSCC5)c4)cc3S(=O)(=O)O)c(S(=O)(=O)O)c2)cc1S(=O)(=O)N1CCSCC1. The van der Waals surface area contributed by atoms with E-state index in [1.54, 1.807) is 23.5 Å². The standard InChI is InChI=1S/C38H40N4O14S6/c1-55-31-11-7-27(21-35(31)59(45,46)41-13-17-57-18-14-41)37(43)39-29-9-5-25(33(23-29)61(49,50)51)3-4-26-6-10-30(24-34(26)62(52,53)54)40-38(44)28-8-12-32(56-2)36(22-28)60(47,48)42-15-19-58-20-16-42/h3-12,21-24H,13-20H2,1-2H3,(H,39,43)(H,40,44)(H,49,50,51)(H,52,53,54). The minimum absolute atomic E-state index is 0.0191. The number of methoxy groups -OCH3 is 2. The number of sulfonamides is 2. The number of nitrogens with one attached hydrogen (secondary N) is 2. The third-order valence-electron chi connectivity index (χ3n) is 9.57. The van der Waals surface area contributed by atoms with E-state index in [0.29, 0.717) is 23.0 Å². The minimum atomic E-state index is -4.99. The molecule has 4 aromatic rings. The molecule has 0 aliphatic carbocycles. The highest BCUT2D eigenvalue weighted by molar-refractivity contribution is 7.99. The van der Waals surface area contributed by atoms with Gasteiger partial charge in [-0.2, -0.15) is 49.0 Å². The van der Waals surface area contributed by atoms with Crippen LogP contribution in [-0.2, 0) is 40.3 Å². The van der Waals surface area contributed by atoms with Crippen molar-refractivity contribution in [2.45, 2.75) is 19.6 Å². The van der Waals surface area contributed by atoms with Gasteiger partial charge in [0.2, 0.25) is 20.0 Å².